The van der Waals surface area contributed by atoms with Crippen molar-refractivity contribution < 1.29 is 26.9 Å². The van der Waals surface area contributed by atoms with Crippen LogP contribution < -0.4 is 4.18 Å². The van der Waals surface area contributed by atoms with Crippen LogP contribution in [0, 0.1) is 0 Å². The number of unbranched alkanes of at least 4 members (excludes halogenated alkanes) is 1. The van der Waals surface area contributed by atoms with E-state index in [1.54, 1.807) is 36.1 Å². The van der Waals surface area contributed by atoms with Crippen molar-refractivity contribution in [2.75, 3.05) is 19.4 Å². The molecule has 1 aromatic rings. The number of hydrogen-bond acceptors (Lipinski definition) is 6. The lowest BCUT2D eigenvalue weighted by Gasteiger charge is -2.23. The number of carbonyl (C=O) groups is 2. The fourth-order valence-corrected chi connectivity index (χ4v) is 2.75. The van der Waals surface area contributed by atoms with Gasteiger partial charge in [0.25, 0.3) is 0 Å². The molecule has 0 saturated carbocycles. The largest absolute Gasteiger partial charge is 0.466 e. The maximum atomic E-state index is 12.4. The molecule has 1 rings (SSSR count). The molecule has 0 aromatic heterocycles. The highest BCUT2D eigenvalue weighted by molar-refractivity contribution is 7.86. The SMILES string of the molecule is CCCCN(Cc1ccc(OS(C)(=O)=O)cc1)C(=O)CCC(=O)OCC. The summed E-state index contributed by atoms with van der Waals surface area (Å²) in [7, 11) is -3.57. The van der Waals surface area contributed by atoms with Crippen LogP contribution in [0.5, 0.6) is 5.75 Å². The predicted octanol–water partition coefficient (Wildman–Crippen LogP) is 2.50. The predicted molar refractivity (Wildman–Crippen MR) is 98.1 cm³/mol. The summed E-state index contributed by atoms with van der Waals surface area (Å²) < 4.78 is 31.9. The fourth-order valence-electron chi connectivity index (χ4n) is 2.29. The van der Waals surface area contributed by atoms with E-state index >= 15 is 0 Å². The molecule has 0 radical (unpaired) electrons. The van der Waals surface area contributed by atoms with Crippen LogP contribution in [-0.4, -0.2) is 44.6 Å². The minimum atomic E-state index is -3.57. The summed E-state index contributed by atoms with van der Waals surface area (Å²) in [6, 6.07) is 6.55. The Morgan fingerprint density at radius 1 is 1.08 bits per heavy atom. The molecule has 0 spiro atoms. The third-order valence-electron chi connectivity index (χ3n) is 3.53. The lowest BCUT2D eigenvalue weighted by molar-refractivity contribution is -0.145. The van der Waals surface area contributed by atoms with Gasteiger partial charge in [0.1, 0.15) is 5.75 Å². The molecule has 0 aliphatic rings. The van der Waals surface area contributed by atoms with Gasteiger partial charge in [-0.2, -0.15) is 8.42 Å². The molecule has 0 aliphatic heterocycles. The maximum absolute atomic E-state index is 12.4. The van der Waals surface area contributed by atoms with Crippen molar-refractivity contribution in [2.45, 2.75) is 46.1 Å². The molecule has 1 aromatic carbocycles. The van der Waals surface area contributed by atoms with Crippen molar-refractivity contribution in [3.8, 4) is 5.75 Å². The summed E-state index contributed by atoms with van der Waals surface area (Å²) in [4.78, 5) is 25.6. The molecule has 0 fully saturated rings. The number of benzene rings is 1. The van der Waals surface area contributed by atoms with Crippen molar-refractivity contribution in [1.29, 1.82) is 0 Å². The van der Waals surface area contributed by atoms with Gasteiger partial charge in [-0.3, -0.25) is 9.59 Å². The second-order valence-corrected chi connectivity index (χ2v) is 7.48. The summed E-state index contributed by atoms with van der Waals surface area (Å²) in [6.07, 6.45) is 2.97. The van der Waals surface area contributed by atoms with Crippen molar-refractivity contribution >= 4 is 22.0 Å². The van der Waals surface area contributed by atoms with Crippen LogP contribution >= 0.6 is 0 Å². The van der Waals surface area contributed by atoms with Crippen LogP contribution in [0.15, 0.2) is 24.3 Å². The van der Waals surface area contributed by atoms with Gasteiger partial charge >= 0.3 is 16.1 Å². The van der Waals surface area contributed by atoms with Gasteiger partial charge in [-0.15, -0.1) is 0 Å². The smallest absolute Gasteiger partial charge is 0.306 e. The average Bonchev–Trinajstić information content (AvgIpc) is 2.57. The van der Waals surface area contributed by atoms with Crippen molar-refractivity contribution in [3.63, 3.8) is 0 Å². The van der Waals surface area contributed by atoms with Crippen LogP contribution in [0.2, 0.25) is 0 Å². The third kappa shape index (κ3) is 8.84. The first kappa shape index (κ1) is 22.0. The highest BCUT2D eigenvalue weighted by Crippen LogP contribution is 2.16. The topological polar surface area (TPSA) is 90.0 Å². The number of carbonyl (C=O) groups excluding carboxylic acids is 2. The van der Waals surface area contributed by atoms with Gasteiger partial charge in [0.05, 0.1) is 19.3 Å². The molecule has 26 heavy (non-hydrogen) atoms. The van der Waals surface area contributed by atoms with Crippen LogP contribution in [0.1, 0.15) is 45.1 Å². The zero-order valence-corrected chi connectivity index (χ0v) is 16.4. The second-order valence-electron chi connectivity index (χ2n) is 5.91. The number of hydrogen-bond donors (Lipinski definition) is 0. The minimum absolute atomic E-state index is 0.0659. The van der Waals surface area contributed by atoms with Gasteiger partial charge in [-0.25, -0.2) is 0 Å². The summed E-state index contributed by atoms with van der Waals surface area (Å²) in [5.41, 5.74) is 0.853. The van der Waals surface area contributed by atoms with Crippen LogP contribution in [-0.2, 0) is 31.0 Å². The summed E-state index contributed by atoms with van der Waals surface area (Å²) in [5, 5.41) is 0. The Labute approximate surface area is 155 Å². The van der Waals surface area contributed by atoms with Gasteiger partial charge in [0.2, 0.25) is 5.91 Å². The number of rotatable bonds is 11. The molecule has 0 aliphatic carbocycles. The lowest BCUT2D eigenvalue weighted by Crippen LogP contribution is -2.31. The molecule has 7 nitrogen and oxygen atoms in total. The van der Waals surface area contributed by atoms with E-state index in [1.807, 2.05) is 6.92 Å². The van der Waals surface area contributed by atoms with Gasteiger partial charge < -0.3 is 13.8 Å². The molecule has 8 heteroatoms. The van der Waals surface area contributed by atoms with Gasteiger partial charge in [-0.05, 0) is 31.0 Å². The van der Waals surface area contributed by atoms with Gasteiger partial charge in [0.15, 0.2) is 0 Å². The highest BCUT2D eigenvalue weighted by atomic mass is 32.2. The Morgan fingerprint density at radius 2 is 1.73 bits per heavy atom. The van der Waals surface area contributed by atoms with Crippen molar-refractivity contribution in [2.24, 2.45) is 0 Å². The number of amides is 1. The first-order valence-electron chi connectivity index (χ1n) is 8.67. The first-order valence-corrected chi connectivity index (χ1v) is 10.5. The van der Waals surface area contributed by atoms with Crippen LogP contribution in [0.25, 0.3) is 0 Å². The Kier molecular flexibility index (Phi) is 9.12. The zero-order chi connectivity index (χ0) is 19.6. The highest BCUT2D eigenvalue weighted by Gasteiger charge is 2.16. The van der Waals surface area contributed by atoms with Gasteiger partial charge in [0, 0.05) is 19.5 Å². The van der Waals surface area contributed by atoms with E-state index in [0.717, 1.165) is 24.7 Å². The van der Waals surface area contributed by atoms with Crippen molar-refractivity contribution in [1.82, 2.24) is 4.90 Å². The van der Waals surface area contributed by atoms with Crippen LogP contribution in [0.4, 0.5) is 0 Å². The van der Waals surface area contributed by atoms with Crippen LogP contribution in [0.3, 0.4) is 0 Å². The monoisotopic (exact) mass is 385 g/mol. The number of nitrogens with zero attached hydrogens (tertiary/aromatic N) is 1. The Balaban J connectivity index is 2.71. The second kappa shape index (κ2) is 10.8. The molecule has 0 saturated heterocycles. The Morgan fingerprint density at radius 3 is 2.27 bits per heavy atom. The van der Waals surface area contributed by atoms with E-state index < -0.39 is 10.1 Å². The van der Waals surface area contributed by atoms with Gasteiger partial charge in [-0.1, -0.05) is 25.5 Å². The normalized spacial score (nSPS) is 11.0. The van der Waals surface area contributed by atoms with E-state index in [4.69, 9.17) is 8.92 Å². The standard InChI is InChI=1S/C18H27NO6S/c1-4-6-13-19(17(20)11-12-18(21)24-5-2)14-15-7-9-16(10-8-15)25-26(3,22)23/h7-10H,4-6,11-14H2,1-3H3. The Bertz CT molecular complexity index is 684. The van der Waals surface area contributed by atoms with E-state index in [0.29, 0.717) is 19.7 Å². The van der Waals surface area contributed by atoms with Crippen molar-refractivity contribution in [3.05, 3.63) is 29.8 Å². The maximum Gasteiger partial charge on any atom is 0.306 e. The summed E-state index contributed by atoms with van der Waals surface area (Å²) in [6.45, 7) is 5.05. The molecule has 0 atom stereocenters. The molecule has 0 N–H and O–H groups in total. The average molecular weight is 385 g/mol. The number of esters is 1. The summed E-state index contributed by atoms with van der Waals surface area (Å²) in [5.74, 6) is -0.258. The third-order valence-corrected chi connectivity index (χ3v) is 4.02. The quantitative estimate of drug-likeness (QED) is 0.429. The Hall–Kier alpha value is -2.09. The molecule has 0 bridgehead atoms. The van der Waals surface area contributed by atoms with E-state index in [-0.39, 0.29) is 30.5 Å². The summed E-state index contributed by atoms with van der Waals surface area (Å²) >= 11 is 0. The molecular formula is C18H27NO6S. The molecular weight excluding hydrogens is 358 g/mol. The molecule has 1 amide bonds. The van der Waals surface area contributed by atoms with E-state index in [9.17, 15) is 18.0 Å². The van der Waals surface area contributed by atoms with E-state index in [2.05, 4.69) is 0 Å². The zero-order valence-electron chi connectivity index (χ0n) is 15.6. The molecule has 0 unspecified atom stereocenters. The first-order chi connectivity index (χ1) is 12.2. The minimum Gasteiger partial charge on any atom is -0.466 e. The molecule has 146 valence electrons. The fraction of sp³-hybridized carbons (Fsp3) is 0.556. The number of ether oxygens (including phenoxy) is 1. The lowest BCUT2D eigenvalue weighted by atomic mass is 10.1. The molecule has 0 heterocycles. The van der Waals surface area contributed by atoms with E-state index in [1.165, 1.54) is 0 Å².